The first-order chi connectivity index (χ1) is 13.9. The van der Waals surface area contributed by atoms with Crippen LogP contribution in [0.5, 0.6) is 0 Å². The van der Waals surface area contributed by atoms with Gasteiger partial charge in [0, 0.05) is 22.7 Å². The maximum absolute atomic E-state index is 12.8. The number of nitrogens with zero attached hydrogens (tertiary/aromatic N) is 1. The zero-order chi connectivity index (χ0) is 20.7. The van der Waals surface area contributed by atoms with Crippen LogP contribution in [-0.2, 0) is 19.1 Å². The van der Waals surface area contributed by atoms with E-state index in [-0.39, 0.29) is 17.6 Å². The van der Waals surface area contributed by atoms with Crippen LogP contribution in [0.25, 0.3) is 10.9 Å². The van der Waals surface area contributed by atoms with Gasteiger partial charge in [-0.3, -0.25) is 19.3 Å². The fourth-order valence-corrected chi connectivity index (χ4v) is 4.13. The van der Waals surface area contributed by atoms with E-state index in [4.69, 9.17) is 4.74 Å². The van der Waals surface area contributed by atoms with E-state index in [1.807, 2.05) is 36.4 Å². The molecule has 0 saturated carbocycles. The summed E-state index contributed by atoms with van der Waals surface area (Å²) in [6, 6.07) is 6.27. The first-order valence-corrected chi connectivity index (χ1v) is 9.73. The second-order valence-electron chi connectivity index (χ2n) is 7.57. The molecule has 7 nitrogen and oxygen atoms in total. The standard InChI is InChI=1S/C22H22N2O5/c1-12(24-20(26)15-8-3-4-9-16(15)21(24)27)22(28)29-13(2)19(25)17-11-23-18-10-6-5-7-14(17)18/h3-7,10-13,15-16,23H,8-9H2,1-2H3/t12-,13+,15-,16+/m0/s1. The maximum Gasteiger partial charge on any atom is 0.329 e. The first-order valence-electron chi connectivity index (χ1n) is 9.73. The Bertz CT molecular complexity index is 1010. The van der Waals surface area contributed by atoms with Crippen molar-refractivity contribution in [3.8, 4) is 0 Å². The number of likely N-dealkylation sites (tertiary alicyclic amines) is 1. The minimum Gasteiger partial charge on any atom is -0.453 e. The molecule has 1 aliphatic heterocycles. The van der Waals surface area contributed by atoms with E-state index in [1.165, 1.54) is 13.8 Å². The van der Waals surface area contributed by atoms with Gasteiger partial charge in [-0.1, -0.05) is 30.4 Å². The third-order valence-corrected chi connectivity index (χ3v) is 5.79. The van der Waals surface area contributed by atoms with Crippen LogP contribution in [0.4, 0.5) is 0 Å². The Balaban J connectivity index is 1.46. The van der Waals surface area contributed by atoms with Crippen LogP contribution < -0.4 is 0 Å². The summed E-state index contributed by atoms with van der Waals surface area (Å²) in [4.78, 5) is 54.7. The Kier molecular flexibility index (Phi) is 4.82. The molecule has 0 spiro atoms. The van der Waals surface area contributed by atoms with E-state index >= 15 is 0 Å². The summed E-state index contributed by atoms with van der Waals surface area (Å²) >= 11 is 0. The number of carbonyl (C=O) groups excluding carboxylic acids is 4. The van der Waals surface area contributed by atoms with Gasteiger partial charge in [-0.05, 0) is 32.8 Å². The summed E-state index contributed by atoms with van der Waals surface area (Å²) in [6.45, 7) is 2.96. The molecule has 2 heterocycles. The van der Waals surface area contributed by atoms with Crippen LogP contribution in [-0.4, -0.2) is 45.6 Å². The summed E-state index contributed by atoms with van der Waals surface area (Å²) in [5, 5.41) is 0.745. The topological polar surface area (TPSA) is 96.5 Å². The lowest BCUT2D eigenvalue weighted by molar-refractivity contribution is -0.159. The largest absolute Gasteiger partial charge is 0.453 e. The van der Waals surface area contributed by atoms with Crippen molar-refractivity contribution in [1.82, 2.24) is 9.88 Å². The van der Waals surface area contributed by atoms with Crippen LogP contribution in [0, 0.1) is 11.8 Å². The van der Waals surface area contributed by atoms with Crippen molar-refractivity contribution >= 4 is 34.5 Å². The lowest BCUT2D eigenvalue weighted by Gasteiger charge is -2.23. The highest BCUT2D eigenvalue weighted by Gasteiger charge is 2.50. The Morgan fingerprint density at radius 1 is 1.07 bits per heavy atom. The lowest BCUT2D eigenvalue weighted by Crippen LogP contribution is -2.45. The Labute approximate surface area is 167 Å². The number of ether oxygens (including phenoxy) is 1. The van der Waals surface area contributed by atoms with Gasteiger partial charge in [-0.2, -0.15) is 0 Å². The van der Waals surface area contributed by atoms with E-state index in [9.17, 15) is 19.2 Å². The number of aromatic nitrogens is 1. The van der Waals surface area contributed by atoms with Crippen molar-refractivity contribution < 1.29 is 23.9 Å². The van der Waals surface area contributed by atoms with E-state index in [0.717, 1.165) is 15.8 Å². The number of fused-ring (bicyclic) bond motifs is 2. The number of benzene rings is 1. The summed E-state index contributed by atoms with van der Waals surface area (Å²) < 4.78 is 5.35. The van der Waals surface area contributed by atoms with Crippen LogP contribution in [0.3, 0.4) is 0 Å². The van der Waals surface area contributed by atoms with Gasteiger partial charge in [-0.15, -0.1) is 0 Å². The minimum atomic E-state index is -1.07. The van der Waals surface area contributed by atoms with Crippen molar-refractivity contribution in [2.75, 3.05) is 0 Å². The van der Waals surface area contributed by atoms with Crippen LogP contribution in [0.2, 0.25) is 0 Å². The minimum absolute atomic E-state index is 0.343. The van der Waals surface area contributed by atoms with Crippen molar-refractivity contribution in [2.24, 2.45) is 11.8 Å². The molecule has 1 aromatic heterocycles. The molecule has 0 radical (unpaired) electrons. The number of nitrogens with one attached hydrogen (secondary N) is 1. The molecule has 2 amide bonds. The number of carbonyl (C=O) groups is 4. The monoisotopic (exact) mass is 394 g/mol. The molecule has 0 unspecified atom stereocenters. The Morgan fingerprint density at radius 3 is 2.34 bits per heavy atom. The van der Waals surface area contributed by atoms with Crippen molar-refractivity contribution in [2.45, 2.75) is 38.8 Å². The third-order valence-electron chi connectivity index (χ3n) is 5.79. The molecule has 1 N–H and O–H groups in total. The van der Waals surface area contributed by atoms with Gasteiger partial charge in [0.1, 0.15) is 6.04 Å². The van der Waals surface area contributed by atoms with E-state index in [1.54, 1.807) is 6.20 Å². The number of hydrogen-bond donors (Lipinski definition) is 1. The molecule has 4 rings (SSSR count). The molecule has 0 bridgehead atoms. The fourth-order valence-electron chi connectivity index (χ4n) is 4.13. The second kappa shape index (κ2) is 7.31. The van der Waals surface area contributed by atoms with Crippen molar-refractivity contribution in [1.29, 1.82) is 0 Å². The van der Waals surface area contributed by atoms with Crippen molar-refractivity contribution in [3.63, 3.8) is 0 Å². The number of allylic oxidation sites excluding steroid dienone is 2. The molecule has 150 valence electrons. The molecule has 2 aromatic rings. The molecule has 7 heteroatoms. The molecule has 4 atom stereocenters. The van der Waals surface area contributed by atoms with Gasteiger partial charge >= 0.3 is 5.97 Å². The summed E-state index contributed by atoms with van der Waals surface area (Å²) in [7, 11) is 0. The molecule has 2 aliphatic rings. The Morgan fingerprint density at radius 2 is 1.69 bits per heavy atom. The van der Waals surface area contributed by atoms with E-state index < -0.39 is 30.0 Å². The molecular formula is C22H22N2O5. The van der Waals surface area contributed by atoms with Gasteiger partial charge in [-0.25, -0.2) is 4.79 Å². The predicted molar refractivity (Wildman–Crippen MR) is 105 cm³/mol. The maximum atomic E-state index is 12.8. The third kappa shape index (κ3) is 3.16. The zero-order valence-corrected chi connectivity index (χ0v) is 16.3. The normalized spacial score (nSPS) is 23.2. The molecule has 29 heavy (non-hydrogen) atoms. The summed E-state index contributed by atoms with van der Waals surface area (Å²) in [6.07, 6.45) is 5.33. The van der Waals surface area contributed by atoms with Crippen LogP contribution in [0.15, 0.2) is 42.6 Å². The number of hydrogen-bond acceptors (Lipinski definition) is 5. The molecule has 1 saturated heterocycles. The van der Waals surface area contributed by atoms with Crippen LogP contribution >= 0.6 is 0 Å². The number of ketones is 1. The average molecular weight is 394 g/mol. The second-order valence-corrected chi connectivity index (χ2v) is 7.57. The highest BCUT2D eigenvalue weighted by atomic mass is 16.5. The zero-order valence-electron chi connectivity index (χ0n) is 16.3. The van der Waals surface area contributed by atoms with Gasteiger partial charge in [0.2, 0.25) is 17.6 Å². The summed E-state index contributed by atoms with van der Waals surface area (Å²) in [5.41, 5.74) is 1.24. The van der Waals surface area contributed by atoms with Crippen LogP contribution in [0.1, 0.15) is 37.0 Å². The van der Waals surface area contributed by atoms with Gasteiger partial charge in [0.25, 0.3) is 0 Å². The average Bonchev–Trinajstić information content (AvgIpc) is 3.26. The van der Waals surface area contributed by atoms with Gasteiger partial charge in [0.05, 0.1) is 11.8 Å². The number of esters is 1. The summed E-state index contributed by atoms with van der Waals surface area (Å²) in [5.74, 6) is -2.62. The van der Waals surface area contributed by atoms with Crippen molar-refractivity contribution in [3.05, 3.63) is 48.2 Å². The number of imide groups is 1. The van der Waals surface area contributed by atoms with Gasteiger partial charge in [0.15, 0.2) is 6.10 Å². The molecule has 1 aliphatic carbocycles. The fraction of sp³-hybridized carbons (Fsp3) is 0.364. The van der Waals surface area contributed by atoms with E-state index in [0.29, 0.717) is 18.4 Å². The number of H-pyrrole nitrogens is 1. The lowest BCUT2D eigenvalue weighted by atomic mass is 9.85. The molecule has 1 aromatic carbocycles. The Hall–Kier alpha value is -3.22. The van der Waals surface area contributed by atoms with E-state index in [2.05, 4.69) is 4.98 Å². The number of aromatic amines is 1. The first kappa shape index (κ1) is 19.1. The highest BCUT2D eigenvalue weighted by Crippen LogP contribution is 2.36. The highest BCUT2D eigenvalue weighted by molar-refractivity contribution is 6.11. The predicted octanol–water partition coefficient (Wildman–Crippen LogP) is 2.62. The molecule has 1 fully saturated rings. The quantitative estimate of drug-likeness (QED) is 0.364. The molecular weight excluding hydrogens is 372 g/mol. The SMILES string of the molecule is C[C@@H](OC(=O)[C@H](C)N1C(=O)[C@H]2CC=CC[C@H]2C1=O)C(=O)c1c[nH]c2ccccc12. The smallest absolute Gasteiger partial charge is 0.329 e. The number of para-hydroxylation sites is 1. The number of Topliss-reactive ketones (excluding diaryl/α,β-unsaturated/α-hetero) is 1. The number of rotatable bonds is 5. The van der Waals surface area contributed by atoms with Gasteiger partial charge < -0.3 is 9.72 Å². The number of amides is 2.